The lowest BCUT2D eigenvalue weighted by Gasteiger charge is -2.21. The average molecular weight is 1540 g/mol. The molecule has 0 amide bonds. The number of rotatable bonds is 84. The Kier molecular flexibility index (Phi) is 74.7. The van der Waals surface area contributed by atoms with Crippen LogP contribution in [0.5, 0.6) is 0 Å². The van der Waals surface area contributed by atoms with Crippen molar-refractivity contribution < 1.29 is 80.2 Å². The van der Waals surface area contributed by atoms with Crippen LogP contribution in [0.2, 0.25) is 0 Å². The molecule has 0 bridgehead atoms. The number of aliphatic hydroxyl groups is 1. The number of ether oxygens (including phenoxy) is 4. The van der Waals surface area contributed by atoms with Gasteiger partial charge in [0.25, 0.3) is 0 Å². The minimum Gasteiger partial charge on any atom is -0.462 e. The zero-order valence-corrected chi connectivity index (χ0v) is 71.0. The Labute approximate surface area is 645 Å². The first kappa shape index (κ1) is 103. The first-order valence-corrected chi connectivity index (χ1v) is 47.4. The van der Waals surface area contributed by atoms with Gasteiger partial charge in [-0.25, -0.2) is 9.13 Å². The van der Waals surface area contributed by atoms with Gasteiger partial charge >= 0.3 is 39.5 Å². The Morgan fingerprint density at radius 2 is 0.486 bits per heavy atom. The minimum absolute atomic E-state index is 0.106. The highest BCUT2D eigenvalue weighted by Gasteiger charge is 2.30. The van der Waals surface area contributed by atoms with Gasteiger partial charge in [-0.15, -0.1) is 0 Å². The lowest BCUT2D eigenvalue weighted by Crippen LogP contribution is -2.30. The van der Waals surface area contributed by atoms with Crippen LogP contribution in [0, 0.1) is 17.8 Å². The molecular weight excluding hydrogens is 1370 g/mol. The predicted molar refractivity (Wildman–Crippen MR) is 432 cm³/mol. The van der Waals surface area contributed by atoms with Crippen LogP contribution in [0.1, 0.15) is 453 Å². The molecule has 0 fully saturated rings. The Morgan fingerprint density at radius 1 is 0.276 bits per heavy atom. The Morgan fingerprint density at radius 3 is 0.724 bits per heavy atom. The number of esters is 4. The molecule has 0 aromatic rings. The number of phosphoric acid groups is 2. The third-order valence-electron chi connectivity index (χ3n) is 20.9. The van der Waals surface area contributed by atoms with Crippen molar-refractivity contribution in [1.29, 1.82) is 0 Å². The summed E-state index contributed by atoms with van der Waals surface area (Å²) in [5.41, 5.74) is 0. The first-order chi connectivity index (χ1) is 50.8. The minimum atomic E-state index is -4.97. The fraction of sp³-hybridized carbons (Fsp3) is 0.953. The van der Waals surface area contributed by atoms with Gasteiger partial charge in [-0.1, -0.05) is 402 Å². The molecule has 0 aromatic heterocycles. The molecule has 0 radical (unpaired) electrons. The quantitative estimate of drug-likeness (QED) is 0.0222. The highest BCUT2D eigenvalue weighted by Crippen LogP contribution is 2.45. The standard InChI is InChI=1S/C86H168O17P2/c1-8-11-12-13-14-15-39-46-53-60-67-83(88)96-73-81(103-86(91)70-63-56-49-42-35-34-38-45-52-59-66-79(7)10-3)75-100-104(92,93)98-71-80(87)72-99-105(94,95)101-76-82(74-97-84(89)68-61-54-47-40-32-28-24-21-20-22-26-30-36-43-50-57-64-77(4)5)102-85(90)69-62-55-48-41-33-29-25-19-17-16-18-23-27-31-37-44-51-58-65-78(6)9-2/h77-82,87H,8-76H2,1-7H3,(H,92,93)(H,94,95)/t78?,79?,80-,81+,82+/m0/s1. The monoisotopic (exact) mass is 1540 g/mol. The van der Waals surface area contributed by atoms with E-state index in [1.165, 1.54) is 263 Å². The van der Waals surface area contributed by atoms with Crippen molar-refractivity contribution >= 4 is 39.5 Å². The maximum Gasteiger partial charge on any atom is 0.472 e. The van der Waals surface area contributed by atoms with Crippen LogP contribution >= 0.6 is 15.6 Å². The molecule has 0 spiro atoms. The lowest BCUT2D eigenvalue weighted by molar-refractivity contribution is -0.161. The van der Waals surface area contributed by atoms with E-state index in [2.05, 4.69) is 48.5 Å². The number of hydrogen-bond acceptors (Lipinski definition) is 15. The van der Waals surface area contributed by atoms with Gasteiger partial charge in [0, 0.05) is 25.7 Å². The van der Waals surface area contributed by atoms with Crippen molar-refractivity contribution in [1.82, 2.24) is 0 Å². The molecule has 0 saturated carbocycles. The van der Waals surface area contributed by atoms with Crippen LogP contribution in [-0.4, -0.2) is 96.7 Å². The fourth-order valence-electron chi connectivity index (χ4n) is 13.3. The molecule has 105 heavy (non-hydrogen) atoms. The van der Waals surface area contributed by atoms with E-state index in [4.69, 9.17) is 37.0 Å². The predicted octanol–water partition coefficient (Wildman–Crippen LogP) is 26.1. The molecule has 0 aromatic carbocycles. The highest BCUT2D eigenvalue weighted by atomic mass is 31.2. The Hall–Kier alpha value is -1.94. The maximum atomic E-state index is 13.1. The molecule has 4 unspecified atom stereocenters. The van der Waals surface area contributed by atoms with E-state index in [1.807, 2.05) is 0 Å². The van der Waals surface area contributed by atoms with Crippen LogP contribution in [0.15, 0.2) is 0 Å². The zero-order chi connectivity index (χ0) is 77.2. The number of carbonyl (C=O) groups is 4. The number of carbonyl (C=O) groups excluding carboxylic acids is 4. The van der Waals surface area contributed by atoms with Crippen LogP contribution in [0.3, 0.4) is 0 Å². The average Bonchev–Trinajstić information content (AvgIpc) is 0.917. The molecule has 0 rings (SSSR count). The number of hydrogen-bond donors (Lipinski definition) is 3. The summed E-state index contributed by atoms with van der Waals surface area (Å²) >= 11 is 0. The van der Waals surface area contributed by atoms with Gasteiger partial charge in [0.05, 0.1) is 26.4 Å². The van der Waals surface area contributed by atoms with Crippen molar-refractivity contribution in [3.63, 3.8) is 0 Å². The summed E-state index contributed by atoms with van der Waals surface area (Å²) in [6.07, 6.45) is 66.5. The maximum absolute atomic E-state index is 13.1. The van der Waals surface area contributed by atoms with Gasteiger partial charge in [-0.2, -0.15) is 0 Å². The van der Waals surface area contributed by atoms with Crippen LogP contribution in [0.25, 0.3) is 0 Å². The van der Waals surface area contributed by atoms with E-state index < -0.39 is 97.5 Å². The molecule has 19 heteroatoms. The second-order valence-corrected chi connectivity index (χ2v) is 34.8. The van der Waals surface area contributed by atoms with Gasteiger partial charge in [-0.05, 0) is 43.4 Å². The summed E-state index contributed by atoms with van der Waals surface area (Å²) in [5.74, 6) is 0.382. The van der Waals surface area contributed by atoms with Crippen molar-refractivity contribution in [3.8, 4) is 0 Å². The van der Waals surface area contributed by atoms with Gasteiger partial charge in [0.1, 0.15) is 19.3 Å². The summed E-state index contributed by atoms with van der Waals surface area (Å²) in [6, 6.07) is 0. The second kappa shape index (κ2) is 76.1. The molecule has 0 heterocycles. The van der Waals surface area contributed by atoms with Gasteiger partial charge in [-0.3, -0.25) is 37.3 Å². The van der Waals surface area contributed by atoms with Crippen LogP contribution in [0.4, 0.5) is 0 Å². The van der Waals surface area contributed by atoms with Crippen molar-refractivity contribution in [2.75, 3.05) is 39.6 Å². The third-order valence-corrected chi connectivity index (χ3v) is 22.8. The van der Waals surface area contributed by atoms with E-state index >= 15 is 0 Å². The number of aliphatic hydroxyl groups excluding tert-OH is 1. The molecule has 0 aliphatic carbocycles. The van der Waals surface area contributed by atoms with E-state index in [-0.39, 0.29) is 25.7 Å². The first-order valence-electron chi connectivity index (χ1n) is 44.4. The topological polar surface area (TPSA) is 237 Å². The lowest BCUT2D eigenvalue weighted by atomic mass is 9.99. The van der Waals surface area contributed by atoms with Gasteiger partial charge in [0.15, 0.2) is 12.2 Å². The van der Waals surface area contributed by atoms with Gasteiger partial charge < -0.3 is 33.8 Å². The largest absolute Gasteiger partial charge is 0.472 e. The SMILES string of the molecule is CCCCCCCCCCCCC(=O)OC[C@H](COP(=O)(O)OC[C@H](O)COP(=O)(O)OC[C@@H](COC(=O)CCCCCCCCCCCCCCCCCCC(C)C)OC(=O)CCCCCCCCCCCCCCCCCCCCC(C)CC)OC(=O)CCCCCCCCCCCCC(C)CC. The molecule has 0 saturated heterocycles. The fourth-order valence-corrected chi connectivity index (χ4v) is 14.9. The Balaban J connectivity index is 5.22. The Bertz CT molecular complexity index is 2030. The molecule has 3 N–H and O–H groups in total. The summed E-state index contributed by atoms with van der Waals surface area (Å²) in [5, 5.41) is 10.7. The molecule has 0 aliphatic heterocycles. The summed E-state index contributed by atoms with van der Waals surface area (Å²) in [7, 11) is -9.93. The molecule has 17 nitrogen and oxygen atoms in total. The van der Waals surface area contributed by atoms with E-state index in [0.29, 0.717) is 25.7 Å². The van der Waals surface area contributed by atoms with Crippen molar-refractivity contribution in [2.24, 2.45) is 17.8 Å². The smallest absolute Gasteiger partial charge is 0.462 e. The second-order valence-electron chi connectivity index (χ2n) is 31.9. The summed E-state index contributed by atoms with van der Waals surface area (Å²) < 4.78 is 68.9. The molecule has 0 aliphatic rings. The third kappa shape index (κ3) is 77.2. The molecule has 624 valence electrons. The van der Waals surface area contributed by atoms with E-state index in [1.54, 1.807) is 0 Å². The normalized spacial score (nSPS) is 14.4. The van der Waals surface area contributed by atoms with Crippen molar-refractivity contribution in [2.45, 2.75) is 471 Å². The zero-order valence-electron chi connectivity index (χ0n) is 69.2. The van der Waals surface area contributed by atoms with Crippen molar-refractivity contribution in [3.05, 3.63) is 0 Å². The summed E-state index contributed by atoms with van der Waals surface area (Å²) in [4.78, 5) is 73.2. The van der Waals surface area contributed by atoms with Crippen LogP contribution < -0.4 is 0 Å². The highest BCUT2D eigenvalue weighted by molar-refractivity contribution is 7.47. The van der Waals surface area contributed by atoms with Crippen LogP contribution in [-0.2, 0) is 65.4 Å². The molecule has 7 atom stereocenters. The molecular formula is C86H168O17P2. The van der Waals surface area contributed by atoms with E-state index in [0.717, 1.165) is 108 Å². The van der Waals surface area contributed by atoms with Gasteiger partial charge in [0.2, 0.25) is 0 Å². The van der Waals surface area contributed by atoms with E-state index in [9.17, 15) is 43.2 Å². The summed E-state index contributed by atoms with van der Waals surface area (Å²) in [6.45, 7) is 12.1. The number of unbranched alkanes of at least 4 members (excludes halogenated alkanes) is 50. The number of phosphoric ester groups is 2.